The van der Waals surface area contributed by atoms with Gasteiger partial charge in [0.15, 0.2) is 0 Å². The molecule has 2 unspecified atom stereocenters. The first kappa shape index (κ1) is 19.3. The lowest BCUT2D eigenvalue weighted by Crippen LogP contribution is -2.48. The lowest BCUT2D eigenvalue weighted by molar-refractivity contribution is 0.125. The van der Waals surface area contributed by atoms with Crippen LogP contribution in [0, 0.1) is 0 Å². The molecule has 0 saturated carbocycles. The van der Waals surface area contributed by atoms with Gasteiger partial charge in [-0.3, -0.25) is 0 Å². The van der Waals surface area contributed by atoms with Gasteiger partial charge in [-0.05, 0) is 0 Å². The summed E-state index contributed by atoms with van der Waals surface area (Å²) in [6, 6.07) is 5.12. The summed E-state index contributed by atoms with van der Waals surface area (Å²) in [6.07, 6.45) is 4.22. The maximum atomic E-state index is 5.61. The summed E-state index contributed by atoms with van der Waals surface area (Å²) in [5, 5.41) is 0. The van der Waals surface area contributed by atoms with E-state index in [4.69, 9.17) is 13.3 Å². The molecule has 0 bridgehead atoms. The van der Waals surface area contributed by atoms with Crippen molar-refractivity contribution in [2.24, 2.45) is 0 Å². The highest BCUT2D eigenvalue weighted by atomic mass is 28.4. The largest absolute Gasteiger partial charge is 0.499 e. The minimum Gasteiger partial charge on any atom is -0.377 e. The summed E-state index contributed by atoms with van der Waals surface area (Å²) in [6.45, 7) is 9.29. The minimum atomic E-state index is -2.41. The van der Waals surface area contributed by atoms with Crippen LogP contribution >= 0.6 is 0 Å². The van der Waals surface area contributed by atoms with E-state index >= 15 is 0 Å². The number of rotatable bonds is 7. The second-order valence-corrected chi connectivity index (χ2v) is 20.5. The Labute approximate surface area is 134 Å². The van der Waals surface area contributed by atoms with Crippen LogP contribution in [0.25, 0.3) is 0 Å². The highest BCUT2D eigenvalue weighted by molar-refractivity contribution is 6.98. The van der Waals surface area contributed by atoms with Gasteiger partial charge in [-0.2, -0.15) is 0 Å². The molecule has 1 rings (SSSR count). The quantitative estimate of drug-likeness (QED) is 0.637. The van der Waals surface area contributed by atoms with E-state index < -0.39 is 25.0 Å². The van der Waals surface area contributed by atoms with Crippen molar-refractivity contribution in [2.75, 3.05) is 21.3 Å². The van der Waals surface area contributed by atoms with Crippen LogP contribution in [0.3, 0.4) is 0 Å². The minimum absolute atomic E-state index is 0.973. The van der Waals surface area contributed by atoms with Crippen molar-refractivity contribution in [2.45, 2.75) is 62.2 Å². The monoisotopic (exact) mass is 346 g/mol. The van der Waals surface area contributed by atoms with Gasteiger partial charge in [-0.15, -0.1) is 12.3 Å². The third-order valence-electron chi connectivity index (χ3n) is 5.32. The molecule has 0 aliphatic carbocycles. The fourth-order valence-electron chi connectivity index (χ4n) is 3.81. The van der Waals surface area contributed by atoms with Crippen molar-refractivity contribution in [1.82, 2.24) is 0 Å². The molecule has 0 spiro atoms. The zero-order chi connectivity index (χ0) is 16.0. The Hall–Kier alpha value is 0.271. The highest BCUT2D eigenvalue weighted by Crippen LogP contribution is 2.37. The molecule has 0 aromatic rings. The normalized spacial score (nSPS) is 31.5. The average Bonchev–Trinajstić information content (AvgIpc) is 2.47. The van der Waals surface area contributed by atoms with Gasteiger partial charge < -0.3 is 13.3 Å². The van der Waals surface area contributed by atoms with Gasteiger partial charge in [-0.1, -0.05) is 56.2 Å². The predicted molar refractivity (Wildman–Crippen MR) is 98.1 cm³/mol. The molecule has 1 aliphatic heterocycles. The van der Waals surface area contributed by atoms with Crippen molar-refractivity contribution >= 4 is 25.0 Å². The first-order chi connectivity index (χ1) is 9.86. The van der Waals surface area contributed by atoms with Gasteiger partial charge in [0.25, 0.3) is 0 Å². The Kier molecular flexibility index (Phi) is 7.56. The van der Waals surface area contributed by atoms with Crippen LogP contribution in [-0.2, 0) is 13.3 Å². The number of hydrogen-bond acceptors (Lipinski definition) is 3. The van der Waals surface area contributed by atoms with Crippen molar-refractivity contribution in [3.8, 4) is 0 Å². The van der Waals surface area contributed by atoms with Gasteiger partial charge in [0.1, 0.15) is 0 Å². The lowest BCUT2D eigenvalue weighted by Gasteiger charge is -2.39. The fourth-order valence-corrected chi connectivity index (χ4v) is 21.7. The first-order valence-corrected chi connectivity index (χ1v) is 16.2. The summed E-state index contributed by atoms with van der Waals surface area (Å²) >= 11 is 0. The maximum absolute atomic E-state index is 5.61. The molecule has 1 fully saturated rings. The standard InChI is InChI=1S/C15H34O3Si3/c1-7-19(5)11-9-8-10-12-20(6,15-19)13-14-21(16-2,17-3)18-4/h7H,1,8-15H2,2-6H3. The zero-order valence-electron chi connectivity index (χ0n) is 14.7. The third-order valence-corrected chi connectivity index (χ3v) is 20.7. The fraction of sp³-hybridized carbons (Fsp3) is 0.867. The molecule has 2 atom stereocenters. The van der Waals surface area contributed by atoms with E-state index in [1.54, 1.807) is 21.3 Å². The van der Waals surface area contributed by atoms with Crippen molar-refractivity contribution < 1.29 is 13.3 Å². The van der Waals surface area contributed by atoms with E-state index in [2.05, 4.69) is 25.4 Å². The first-order valence-electron chi connectivity index (χ1n) is 8.16. The molecule has 3 nitrogen and oxygen atoms in total. The molecule has 0 N–H and O–H groups in total. The molecule has 6 heteroatoms. The van der Waals surface area contributed by atoms with Crippen LogP contribution in [0.2, 0.25) is 42.9 Å². The molecule has 0 aromatic carbocycles. The second-order valence-electron chi connectivity index (χ2n) is 7.20. The summed E-state index contributed by atoms with van der Waals surface area (Å²) in [5.74, 6) is 0. The van der Waals surface area contributed by atoms with Crippen LogP contribution in [-0.4, -0.2) is 46.3 Å². The van der Waals surface area contributed by atoms with Crippen molar-refractivity contribution in [3.05, 3.63) is 12.3 Å². The molecule has 0 radical (unpaired) electrons. The Morgan fingerprint density at radius 3 is 2.10 bits per heavy atom. The molecule has 21 heavy (non-hydrogen) atoms. The second kappa shape index (κ2) is 8.22. The zero-order valence-corrected chi connectivity index (χ0v) is 17.7. The summed E-state index contributed by atoms with van der Waals surface area (Å²) < 4.78 is 16.8. The van der Waals surface area contributed by atoms with Crippen LogP contribution < -0.4 is 0 Å². The van der Waals surface area contributed by atoms with Gasteiger partial charge in [-0.25, -0.2) is 0 Å². The molecule has 1 aliphatic rings. The summed E-state index contributed by atoms with van der Waals surface area (Å²) in [5.41, 5.74) is 3.82. The van der Waals surface area contributed by atoms with Crippen LogP contribution in [0.5, 0.6) is 0 Å². The van der Waals surface area contributed by atoms with Gasteiger partial charge >= 0.3 is 8.80 Å². The van der Waals surface area contributed by atoms with Crippen molar-refractivity contribution in [3.63, 3.8) is 0 Å². The Morgan fingerprint density at radius 2 is 1.57 bits per heavy atom. The van der Waals surface area contributed by atoms with E-state index in [0.717, 1.165) is 6.04 Å². The van der Waals surface area contributed by atoms with Crippen LogP contribution in [0.4, 0.5) is 0 Å². The van der Waals surface area contributed by atoms with E-state index in [0.29, 0.717) is 0 Å². The average molecular weight is 347 g/mol. The molecule has 1 saturated heterocycles. The van der Waals surface area contributed by atoms with E-state index in [1.165, 1.54) is 43.1 Å². The molecular weight excluding hydrogens is 312 g/mol. The van der Waals surface area contributed by atoms with E-state index in [-0.39, 0.29) is 0 Å². The lowest BCUT2D eigenvalue weighted by atomic mass is 10.3. The molecular formula is C15H34O3Si3. The molecule has 124 valence electrons. The van der Waals surface area contributed by atoms with E-state index in [9.17, 15) is 0 Å². The van der Waals surface area contributed by atoms with Gasteiger partial charge in [0.05, 0.1) is 8.07 Å². The van der Waals surface area contributed by atoms with Crippen LogP contribution in [0.15, 0.2) is 12.3 Å². The third kappa shape index (κ3) is 5.44. The Bertz CT molecular complexity index is 328. The number of hydrogen-bond donors (Lipinski definition) is 0. The maximum Gasteiger partial charge on any atom is 0.499 e. The van der Waals surface area contributed by atoms with Crippen molar-refractivity contribution in [1.29, 1.82) is 0 Å². The molecule has 1 heterocycles. The SMILES string of the molecule is C=C[Si]1(C)CCCCC[Si](C)(CC[Si](OC)(OC)OC)C1. The molecule has 0 amide bonds. The van der Waals surface area contributed by atoms with E-state index in [1.807, 2.05) is 0 Å². The summed E-state index contributed by atoms with van der Waals surface area (Å²) in [4.78, 5) is 0. The Balaban J connectivity index is 2.78. The Morgan fingerprint density at radius 1 is 1.00 bits per heavy atom. The highest BCUT2D eigenvalue weighted by Gasteiger charge is 2.43. The topological polar surface area (TPSA) is 27.7 Å². The van der Waals surface area contributed by atoms with Gasteiger partial charge in [0, 0.05) is 35.4 Å². The molecule has 0 aromatic heterocycles. The predicted octanol–water partition coefficient (Wildman–Crippen LogP) is 4.47. The smallest absolute Gasteiger partial charge is 0.377 e. The van der Waals surface area contributed by atoms with Crippen LogP contribution in [0.1, 0.15) is 19.3 Å². The summed E-state index contributed by atoms with van der Waals surface area (Å²) in [7, 11) is 0.283. The van der Waals surface area contributed by atoms with Gasteiger partial charge in [0.2, 0.25) is 0 Å².